The van der Waals surface area contributed by atoms with Crippen molar-refractivity contribution in [3.8, 4) is 11.5 Å². The van der Waals surface area contributed by atoms with E-state index in [1.807, 2.05) is 11.8 Å². The third-order valence-electron chi connectivity index (χ3n) is 2.25. The number of halogens is 1. The molecule has 19 heavy (non-hydrogen) atoms. The topological polar surface area (TPSA) is 35.5 Å². The zero-order valence-electron chi connectivity index (χ0n) is 11.7. The fourth-order valence-electron chi connectivity index (χ4n) is 1.44. The van der Waals surface area contributed by atoms with Crippen LogP contribution in [0.4, 0.5) is 0 Å². The van der Waals surface area contributed by atoms with Crippen molar-refractivity contribution in [2.75, 3.05) is 19.5 Å². The van der Waals surface area contributed by atoms with Crippen molar-refractivity contribution >= 4 is 34.0 Å². The molecule has 0 N–H and O–H groups in total. The van der Waals surface area contributed by atoms with E-state index in [1.54, 1.807) is 19.2 Å². The molecule has 0 saturated heterocycles. The van der Waals surface area contributed by atoms with E-state index in [9.17, 15) is 4.79 Å². The van der Waals surface area contributed by atoms with E-state index in [0.29, 0.717) is 23.7 Å². The van der Waals surface area contributed by atoms with Gasteiger partial charge in [0.25, 0.3) is 0 Å². The average Bonchev–Trinajstić information content (AvgIpc) is 2.34. The van der Waals surface area contributed by atoms with Crippen LogP contribution < -0.4 is 9.47 Å². The quantitative estimate of drug-likeness (QED) is 0.571. The summed E-state index contributed by atoms with van der Waals surface area (Å²) in [5.41, 5.74) is 0.556. The fourth-order valence-corrected chi connectivity index (χ4v) is 2.79. The number of thioether (sulfide) groups is 1. The van der Waals surface area contributed by atoms with Crippen molar-refractivity contribution < 1.29 is 14.3 Å². The SMILES string of the molecule is COc1cc(C=O)cc(Br)c1OCCSC(C)(C)C. The van der Waals surface area contributed by atoms with Gasteiger partial charge in [-0.1, -0.05) is 20.8 Å². The molecule has 0 aromatic heterocycles. The number of aldehydes is 1. The molecule has 0 atom stereocenters. The highest BCUT2D eigenvalue weighted by Gasteiger charge is 2.13. The normalized spacial score (nSPS) is 11.2. The maximum atomic E-state index is 10.8. The smallest absolute Gasteiger partial charge is 0.175 e. The summed E-state index contributed by atoms with van der Waals surface area (Å²) in [6, 6.07) is 3.39. The van der Waals surface area contributed by atoms with E-state index in [0.717, 1.165) is 16.5 Å². The number of hydrogen-bond acceptors (Lipinski definition) is 4. The third-order valence-corrected chi connectivity index (χ3v) is 4.08. The first-order chi connectivity index (χ1) is 8.87. The van der Waals surface area contributed by atoms with Gasteiger partial charge in [-0.3, -0.25) is 4.79 Å². The number of methoxy groups -OCH3 is 1. The molecular weight excluding hydrogens is 328 g/mol. The largest absolute Gasteiger partial charge is 0.493 e. The van der Waals surface area contributed by atoms with Crippen LogP contribution in [0, 0.1) is 0 Å². The Hall–Kier alpha value is -0.680. The Morgan fingerprint density at radius 3 is 2.58 bits per heavy atom. The minimum atomic E-state index is 0.228. The van der Waals surface area contributed by atoms with Crippen LogP contribution in [0.25, 0.3) is 0 Å². The minimum Gasteiger partial charge on any atom is -0.493 e. The molecule has 0 aliphatic rings. The summed E-state index contributed by atoms with van der Waals surface area (Å²) in [6.45, 7) is 7.12. The van der Waals surface area contributed by atoms with Gasteiger partial charge in [0.1, 0.15) is 6.29 Å². The average molecular weight is 347 g/mol. The predicted molar refractivity (Wildman–Crippen MR) is 83.8 cm³/mol. The van der Waals surface area contributed by atoms with Gasteiger partial charge in [0.05, 0.1) is 18.2 Å². The lowest BCUT2D eigenvalue weighted by molar-refractivity contribution is 0.112. The Labute approximate surface area is 127 Å². The molecule has 0 saturated carbocycles. The molecule has 0 fully saturated rings. The van der Waals surface area contributed by atoms with Crippen molar-refractivity contribution in [3.63, 3.8) is 0 Å². The first-order valence-electron chi connectivity index (χ1n) is 5.97. The predicted octanol–water partition coefficient (Wildman–Crippen LogP) is 4.18. The molecular formula is C14H19BrO3S. The highest BCUT2D eigenvalue weighted by molar-refractivity contribution is 9.10. The number of carbonyl (C=O) groups is 1. The highest BCUT2D eigenvalue weighted by Crippen LogP contribution is 2.36. The molecule has 1 aromatic carbocycles. The van der Waals surface area contributed by atoms with E-state index < -0.39 is 0 Å². The van der Waals surface area contributed by atoms with E-state index in [1.165, 1.54) is 0 Å². The molecule has 0 aliphatic heterocycles. The Morgan fingerprint density at radius 2 is 2.05 bits per heavy atom. The molecule has 0 heterocycles. The molecule has 5 heteroatoms. The summed E-state index contributed by atoms with van der Waals surface area (Å²) < 4.78 is 12.0. The van der Waals surface area contributed by atoms with Gasteiger partial charge in [-0.05, 0) is 28.1 Å². The highest BCUT2D eigenvalue weighted by atomic mass is 79.9. The Bertz CT molecular complexity index is 441. The van der Waals surface area contributed by atoms with Crippen molar-refractivity contribution in [2.24, 2.45) is 0 Å². The van der Waals surface area contributed by atoms with E-state index in [4.69, 9.17) is 9.47 Å². The van der Waals surface area contributed by atoms with Gasteiger partial charge in [0.15, 0.2) is 11.5 Å². The van der Waals surface area contributed by atoms with Crippen molar-refractivity contribution in [1.82, 2.24) is 0 Å². The molecule has 0 bridgehead atoms. The zero-order valence-corrected chi connectivity index (χ0v) is 14.1. The number of ether oxygens (including phenoxy) is 2. The Morgan fingerprint density at radius 1 is 1.37 bits per heavy atom. The second kappa shape index (κ2) is 7.20. The number of hydrogen-bond donors (Lipinski definition) is 0. The van der Waals surface area contributed by atoms with Crippen LogP contribution in [0.1, 0.15) is 31.1 Å². The van der Waals surface area contributed by atoms with Gasteiger partial charge in [-0.25, -0.2) is 0 Å². The summed E-state index contributed by atoms with van der Waals surface area (Å²) >= 11 is 5.24. The van der Waals surface area contributed by atoms with Gasteiger partial charge in [-0.2, -0.15) is 11.8 Å². The summed E-state index contributed by atoms with van der Waals surface area (Å²) in [4.78, 5) is 10.8. The summed E-state index contributed by atoms with van der Waals surface area (Å²) in [6.07, 6.45) is 0.784. The molecule has 1 rings (SSSR count). The number of rotatable bonds is 6. The van der Waals surface area contributed by atoms with Crippen LogP contribution in [-0.4, -0.2) is 30.5 Å². The Balaban J connectivity index is 2.70. The summed E-state index contributed by atoms with van der Waals surface area (Å²) in [5.74, 6) is 2.11. The second-order valence-electron chi connectivity index (χ2n) is 4.96. The van der Waals surface area contributed by atoms with E-state index >= 15 is 0 Å². The lowest BCUT2D eigenvalue weighted by Gasteiger charge is -2.18. The third kappa shape index (κ3) is 5.45. The van der Waals surface area contributed by atoms with Crippen LogP contribution >= 0.6 is 27.7 Å². The maximum Gasteiger partial charge on any atom is 0.175 e. The second-order valence-corrected chi connectivity index (χ2v) is 7.74. The van der Waals surface area contributed by atoms with Crippen LogP contribution in [0.3, 0.4) is 0 Å². The summed E-state index contributed by atoms with van der Waals surface area (Å²) in [7, 11) is 1.56. The number of carbonyl (C=O) groups excluding carboxylic acids is 1. The minimum absolute atomic E-state index is 0.228. The van der Waals surface area contributed by atoms with Crippen molar-refractivity contribution in [1.29, 1.82) is 0 Å². The first kappa shape index (κ1) is 16.4. The molecule has 0 radical (unpaired) electrons. The zero-order chi connectivity index (χ0) is 14.5. The Kier molecular flexibility index (Phi) is 6.20. The van der Waals surface area contributed by atoms with Crippen molar-refractivity contribution in [3.05, 3.63) is 22.2 Å². The van der Waals surface area contributed by atoms with Crippen LogP contribution in [-0.2, 0) is 0 Å². The molecule has 106 valence electrons. The van der Waals surface area contributed by atoms with Crippen LogP contribution in [0.5, 0.6) is 11.5 Å². The maximum absolute atomic E-state index is 10.8. The number of benzene rings is 1. The van der Waals surface area contributed by atoms with Crippen LogP contribution in [0.2, 0.25) is 0 Å². The lowest BCUT2D eigenvalue weighted by Crippen LogP contribution is -2.12. The van der Waals surface area contributed by atoms with Crippen molar-refractivity contribution in [2.45, 2.75) is 25.5 Å². The van der Waals surface area contributed by atoms with Gasteiger partial charge in [0.2, 0.25) is 0 Å². The summed E-state index contributed by atoms with van der Waals surface area (Å²) in [5, 5.41) is 0. The molecule has 0 spiro atoms. The van der Waals surface area contributed by atoms with E-state index in [-0.39, 0.29) is 4.75 Å². The molecule has 0 unspecified atom stereocenters. The van der Waals surface area contributed by atoms with Gasteiger partial charge < -0.3 is 9.47 Å². The van der Waals surface area contributed by atoms with Gasteiger partial charge >= 0.3 is 0 Å². The molecule has 0 aliphatic carbocycles. The monoisotopic (exact) mass is 346 g/mol. The molecule has 3 nitrogen and oxygen atoms in total. The molecule has 1 aromatic rings. The molecule has 0 amide bonds. The van der Waals surface area contributed by atoms with Crippen LogP contribution in [0.15, 0.2) is 16.6 Å². The lowest BCUT2D eigenvalue weighted by atomic mass is 10.2. The van der Waals surface area contributed by atoms with E-state index in [2.05, 4.69) is 36.7 Å². The fraction of sp³-hybridized carbons (Fsp3) is 0.500. The first-order valence-corrected chi connectivity index (χ1v) is 7.74. The van der Waals surface area contributed by atoms with Gasteiger partial charge in [-0.15, -0.1) is 0 Å². The van der Waals surface area contributed by atoms with Gasteiger partial charge in [0, 0.05) is 16.1 Å². The standard InChI is InChI=1S/C14H19BrO3S/c1-14(2,3)19-6-5-18-13-11(15)7-10(9-16)8-12(13)17-4/h7-9H,5-6H2,1-4H3.